The summed E-state index contributed by atoms with van der Waals surface area (Å²) in [5, 5.41) is 12.1. The van der Waals surface area contributed by atoms with Crippen LogP contribution in [0.1, 0.15) is 16.7 Å². The lowest BCUT2D eigenvalue weighted by atomic mass is 10.1. The second-order valence-electron chi connectivity index (χ2n) is 4.58. The highest BCUT2D eigenvalue weighted by Gasteiger charge is 2.01. The molecular weight excluding hydrogens is 318 g/mol. The van der Waals surface area contributed by atoms with Gasteiger partial charge in [-0.15, -0.1) is 0 Å². The van der Waals surface area contributed by atoms with Gasteiger partial charge in [0, 0.05) is 17.6 Å². The molecule has 2 N–H and O–H groups in total. The smallest absolute Gasteiger partial charge is 0.307 e. The highest BCUT2D eigenvalue weighted by atomic mass is 79.9. The van der Waals surface area contributed by atoms with Crippen molar-refractivity contribution in [3.8, 4) is 0 Å². The zero-order chi connectivity index (χ0) is 14.4. The van der Waals surface area contributed by atoms with Gasteiger partial charge in [0.25, 0.3) is 0 Å². The summed E-state index contributed by atoms with van der Waals surface area (Å²) in [5.41, 5.74) is 3.19. The molecule has 2 aromatic carbocycles. The van der Waals surface area contributed by atoms with Crippen molar-refractivity contribution in [3.05, 3.63) is 69.7 Å². The van der Waals surface area contributed by atoms with Gasteiger partial charge in [-0.2, -0.15) is 0 Å². The Labute approximate surface area is 126 Å². The first-order valence-corrected chi connectivity index (χ1v) is 7.18. The molecule has 0 saturated heterocycles. The summed E-state index contributed by atoms with van der Waals surface area (Å²) < 4.78 is 1.10. The summed E-state index contributed by atoms with van der Waals surface area (Å²) in [6.07, 6.45) is 0.0741. The molecule has 0 heterocycles. The molecule has 0 amide bonds. The van der Waals surface area contributed by atoms with E-state index in [2.05, 4.69) is 27.3 Å². The second kappa shape index (κ2) is 7.22. The Hall–Kier alpha value is -1.65. The molecular formula is C16H16BrNO2. The quantitative estimate of drug-likeness (QED) is 0.852. The van der Waals surface area contributed by atoms with Crippen molar-refractivity contribution in [3.63, 3.8) is 0 Å². The van der Waals surface area contributed by atoms with E-state index in [-0.39, 0.29) is 6.42 Å². The number of nitrogens with one attached hydrogen (secondary N) is 1. The second-order valence-corrected chi connectivity index (χ2v) is 5.44. The maximum Gasteiger partial charge on any atom is 0.307 e. The van der Waals surface area contributed by atoms with Crippen LogP contribution in [0, 0.1) is 0 Å². The summed E-state index contributed by atoms with van der Waals surface area (Å²) in [4.78, 5) is 10.6. The SMILES string of the molecule is O=C(O)Cc1ccc(CNCc2ccccc2Br)cc1. The number of hydrogen-bond acceptors (Lipinski definition) is 2. The van der Waals surface area contributed by atoms with Crippen LogP contribution in [0.5, 0.6) is 0 Å². The summed E-state index contributed by atoms with van der Waals surface area (Å²) in [7, 11) is 0. The van der Waals surface area contributed by atoms with Crippen molar-refractivity contribution in [1.29, 1.82) is 0 Å². The van der Waals surface area contributed by atoms with E-state index in [0.717, 1.165) is 28.7 Å². The number of carboxylic acids is 1. The Balaban J connectivity index is 1.85. The lowest BCUT2D eigenvalue weighted by molar-refractivity contribution is -0.136. The summed E-state index contributed by atoms with van der Waals surface area (Å²) in [6, 6.07) is 15.8. The van der Waals surface area contributed by atoms with Gasteiger partial charge in [0.05, 0.1) is 6.42 Å². The van der Waals surface area contributed by atoms with Gasteiger partial charge in [0.15, 0.2) is 0 Å². The van der Waals surface area contributed by atoms with E-state index < -0.39 is 5.97 Å². The van der Waals surface area contributed by atoms with Crippen molar-refractivity contribution in [1.82, 2.24) is 5.32 Å². The molecule has 0 aromatic heterocycles. The van der Waals surface area contributed by atoms with Crippen molar-refractivity contribution in [2.24, 2.45) is 0 Å². The maximum atomic E-state index is 10.6. The van der Waals surface area contributed by atoms with Crippen molar-refractivity contribution in [2.75, 3.05) is 0 Å². The molecule has 0 radical (unpaired) electrons. The molecule has 0 aliphatic rings. The Kier molecular flexibility index (Phi) is 5.32. The van der Waals surface area contributed by atoms with E-state index in [1.165, 1.54) is 5.56 Å². The molecule has 0 unspecified atom stereocenters. The van der Waals surface area contributed by atoms with Crippen LogP contribution in [0.2, 0.25) is 0 Å². The van der Waals surface area contributed by atoms with Crippen molar-refractivity contribution < 1.29 is 9.90 Å². The molecule has 2 aromatic rings. The number of carbonyl (C=O) groups is 1. The standard InChI is InChI=1S/C16H16BrNO2/c17-15-4-2-1-3-14(15)11-18-10-13-7-5-12(6-8-13)9-16(19)20/h1-8,18H,9-11H2,(H,19,20). The van der Waals surface area contributed by atoms with Gasteiger partial charge in [-0.25, -0.2) is 0 Å². The van der Waals surface area contributed by atoms with E-state index in [1.54, 1.807) is 0 Å². The van der Waals surface area contributed by atoms with Crippen LogP contribution in [0.15, 0.2) is 53.0 Å². The van der Waals surface area contributed by atoms with Crippen LogP contribution in [0.4, 0.5) is 0 Å². The lowest BCUT2D eigenvalue weighted by Crippen LogP contribution is -2.13. The first-order chi connectivity index (χ1) is 9.65. The number of hydrogen-bond donors (Lipinski definition) is 2. The van der Waals surface area contributed by atoms with Gasteiger partial charge in [-0.3, -0.25) is 4.79 Å². The third-order valence-corrected chi connectivity index (χ3v) is 3.75. The fourth-order valence-corrected chi connectivity index (χ4v) is 2.36. The molecule has 0 fully saturated rings. The molecule has 0 aliphatic carbocycles. The first-order valence-electron chi connectivity index (χ1n) is 6.39. The van der Waals surface area contributed by atoms with Crippen LogP contribution in [0.25, 0.3) is 0 Å². The number of benzene rings is 2. The lowest BCUT2D eigenvalue weighted by Gasteiger charge is -2.07. The van der Waals surface area contributed by atoms with E-state index >= 15 is 0 Å². The zero-order valence-electron chi connectivity index (χ0n) is 11.0. The predicted molar refractivity (Wildman–Crippen MR) is 82.5 cm³/mol. The number of aliphatic carboxylic acids is 1. The van der Waals surface area contributed by atoms with Crippen molar-refractivity contribution >= 4 is 21.9 Å². The molecule has 0 saturated carbocycles. The molecule has 3 nitrogen and oxygen atoms in total. The van der Waals surface area contributed by atoms with E-state index in [9.17, 15) is 4.79 Å². The van der Waals surface area contributed by atoms with Crippen LogP contribution in [0.3, 0.4) is 0 Å². The number of carboxylic acid groups (broad SMARTS) is 1. The van der Waals surface area contributed by atoms with E-state index in [1.807, 2.05) is 42.5 Å². The monoisotopic (exact) mass is 333 g/mol. The molecule has 20 heavy (non-hydrogen) atoms. The Bertz CT molecular complexity index is 581. The van der Waals surface area contributed by atoms with Gasteiger partial charge in [-0.1, -0.05) is 58.4 Å². The van der Waals surface area contributed by atoms with Gasteiger partial charge >= 0.3 is 5.97 Å². The highest BCUT2D eigenvalue weighted by Crippen LogP contribution is 2.15. The third-order valence-electron chi connectivity index (χ3n) is 2.98. The molecule has 0 bridgehead atoms. The fraction of sp³-hybridized carbons (Fsp3) is 0.188. The zero-order valence-corrected chi connectivity index (χ0v) is 12.6. The number of rotatable bonds is 6. The number of halogens is 1. The van der Waals surface area contributed by atoms with Gasteiger partial charge in [0.1, 0.15) is 0 Å². The van der Waals surface area contributed by atoms with Crippen molar-refractivity contribution in [2.45, 2.75) is 19.5 Å². The normalized spacial score (nSPS) is 10.4. The van der Waals surface area contributed by atoms with Crippen LogP contribution in [-0.4, -0.2) is 11.1 Å². The summed E-state index contributed by atoms with van der Waals surface area (Å²) in [6.45, 7) is 1.55. The predicted octanol–water partition coefficient (Wildman–Crippen LogP) is 3.37. The van der Waals surface area contributed by atoms with Crippen LogP contribution < -0.4 is 5.32 Å². The van der Waals surface area contributed by atoms with Crippen LogP contribution in [-0.2, 0) is 24.3 Å². The van der Waals surface area contributed by atoms with E-state index in [4.69, 9.17) is 5.11 Å². The van der Waals surface area contributed by atoms with Gasteiger partial charge < -0.3 is 10.4 Å². The minimum absolute atomic E-state index is 0.0741. The third kappa shape index (κ3) is 4.47. The minimum Gasteiger partial charge on any atom is -0.481 e. The molecule has 0 aliphatic heterocycles. The first kappa shape index (κ1) is 14.8. The van der Waals surface area contributed by atoms with E-state index in [0.29, 0.717) is 0 Å². The molecule has 104 valence electrons. The Morgan fingerprint density at radius 3 is 2.30 bits per heavy atom. The van der Waals surface area contributed by atoms with Crippen LogP contribution >= 0.6 is 15.9 Å². The average molecular weight is 334 g/mol. The molecule has 2 rings (SSSR count). The summed E-state index contributed by atoms with van der Waals surface area (Å²) >= 11 is 3.52. The largest absolute Gasteiger partial charge is 0.481 e. The van der Waals surface area contributed by atoms with Gasteiger partial charge in [0.2, 0.25) is 0 Å². The molecule has 0 spiro atoms. The minimum atomic E-state index is -0.801. The topological polar surface area (TPSA) is 49.3 Å². The average Bonchev–Trinajstić information content (AvgIpc) is 2.42. The fourth-order valence-electron chi connectivity index (χ4n) is 1.93. The maximum absolute atomic E-state index is 10.6. The molecule has 4 heteroatoms. The molecule has 0 atom stereocenters. The summed E-state index contributed by atoms with van der Waals surface area (Å²) in [5.74, 6) is -0.801. The highest BCUT2D eigenvalue weighted by molar-refractivity contribution is 9.10. The Morgan fingerprint density at radius 1 is 1.00 bits per heavy atom. The Morgan fingerprint density at radius 2 is 1.65 bits per heavy atom. The van der Waals surface area contributed by atoms with Gasteiger partial charge in [-0.05, 0) is 22.8 Å².